The zero-order valence-corrected chi connectivity index (χ0v) is 12.0. The maximum atomic E-state index is 11.8. The number of hydrogen-bond acceptors (Lipinski definition) is 3. The fourth-order valence-electron chi connectivity index (χ4n) is 1.82. The van der Waals surface area contributed by atoms with Gasteiger partial charge in [-0.15, -0.1) is 0 Å². The van der Waals surface area contributed by atoms with Crippen molar-refractivity contribution in [3.8, 4) is 0 Å². The summed E-state index contributed by atoms with van der Waals surface area (Å²) in [7, 11) is 0. The Morgan fingerprint density at radius 2 is 1.81 bits per heavy atom. The van der Waals surface area contributed by atoms with E-state index in [9.17, 15) is 14.4 Å². The molecule has 1 aromatic carbocycles. The Kier molecular flexibility index (Phi) is 6.39. The highest BCUT2D eigenvalue weighted by Crippen LogP contribution is 2.06. The van der Waals surface area contributed by atoms with Gasteiger partial charge in [0.2, 0.25) is 11.8 Å². The summed E-state index contributed by atoms with van der Waals surface area (Å²) in [5.41, 5.74) is 7.13. The smallest absolute Gasteiger partial charge is 0.326 e. The molecule has 114 valence electrons. The van der Waals surface area contributed by atoms with Gasteiger partial charge in [-0.2, -0.15) is 0 Å². The summed E-state index contributed by atoms with van der Waals surface area (Å²) < 4.78 is 0. The van der Waals surface area contributed by atoms with E-state index in [1.54, 1.807) is 0 Å². The molecule has 0 aliphatic heterocycles. The number of carbonyl (C=O) groups excluding carboxylic acids is 2. The minimum Gasteiger partial charge on any atom is -0.480 e. The third-order valence-electron chi connectivity index (χ3n) is 3.07. The van der Waals surface area contributed by atoms with Crippen molar-refractivity contribution in [1.82, 2.24) is 5.32 Å². The molecular weight excluding hydrogens is 272 g/mol. The van der Waals surface area contributed by atoms with Crippen LogP contribution in [0, 0.1) is 6.92 Å². The lowest BCUT2D eigenvalue weighted by molar-refractivity contribution is -0.142. The monoisotopic (exact) mass is 292 g/mol. The summed E-state index contributed by atoms with van der Waals surface area (Å²) in [5.74, 6) is -2.11. The first kappa shape index (κ1) is 16.7. The number of carbonyl (C=O) groups is 3. The van der Waals surface area contributed by atoms with Crippen molar-refractivity contribution in [1.29, 1.82) is 0 Å². The Balaban J connectivity index is 2.44. The van der Waals surface area contributed by atoms with Crippen LogP contribution < -0.4 is 11.1 Å². The number of primary amides is 1. The Bertz CT molecular complexity index is 511. The summed E-state index contributed by atoms with van der Waals surface area (Å²) in [6.07, 6.45) is 0.661. The minimum atomic E-state index is -1.17. The normalized spacial score (nSPS) is 11.7. The molecule has 0 saturated carbocycles. The maximum absolute atomic E-state index is 11.8. The SMILES string of the molecule is Cc1ccc(CCC(=O)N[C@H](CCC(N)=O)C(=O)O)cc1. The van der Waals surface area contributed by atoms with Crippen molar-refractivity contribution in [3.63, 3.8) is 0 Å². The first-order valence-electron chi connectivity index (χ1n) is 6.74. The van der Waals surface area contributed by atoms with Crippen LogP contribution in [-0.2, 0) is 20.8 Å². The summed E-state index contributed by atoms with van der Waals surface area (Å²) in [6.45, 7) is 1.98. The highest BCUT2D eigenvalue weighted by atomic mass is 16.4. The summed E-state index contributed by atoms with van der Waals surface area (Å²) in [6, 6.07) is 6.71. The molecule has 1 aromatic rings. The van der Waals surface area contributed by atoms with Crippen LogP contribution >= 0.6 is 0 Å². The van der Waals surface area contributed by atoms with Gasteiger partial charge >= 0.3 is 5.97 Å². The van der Waals surface area contributed by atoms with E-state index in [-0.39, 0.29) is 25.2 Å². The predicted molar refractivity (Wildman–Crippen MR) is 77.5 cm³/mol. The second-order valence-corrected chi connectivity index (χ2v) is 4.95. The van der Waals surface area contributed by atoms with E-state index in [2.05, 4.69) is 5.32 Å². The first-order chi connectivity index (χ1) is 9.88. The topological polar surface area (TPSA) is 109 Å². The Labute approximate surface area is 123 Å². The quantitative estimate of drug-likeness (QED) is 0.657. The molecule has 6 heteroatoms. The van der Waals surface area contributed by atoms with Crippen LogP contribution in [0.3, 0.4) is 0 Å². The van der Waals surface area contributed by atoms with Crippen molar-refractivity contribution in [2.24, 2.45) is 5.73 Å². The number of carboxylic acid groups (broad SMARTS) is 1. The zero-order valence-electron chi connectivity index (χ0n) is 12.0. The van der Waals surface area contributed by atoms with Crippen LogP contribution in [0.5, 0.6) is 0 Å². The largest absolute Gasteiger partial charge is 0.480 e. The summed E-state index contributed by atoms with van der Waals surface area (Å²) in [5, 5.41) is 11.4. The molecule has 0 spiro atoms. The second kappa shape index (κ2) is 8.04. The van der Waals surface area contributed by atoms with Gasteiger partial charge in [0.15, 0.2) is 0 Å². The molecule has 21 heavy (non-hydrogen) atoms. The number of rotatable bonds is 8. The molecule has 4 N–H and O–H groups in total. The maximum Gasteiger partial charge on any atom is 0.326 e. The average Bonchev–Trinajstić information content (AvgIpc) is 2.42. The van der Waals surface area contributed by atoms with Crippen molar-refractivity contribution in [2.45, 2.75) is 38.6 Å². The van der Waals surface area contributed by atoms with E-state index in [0.717, 1.165) is 11.1 Å². The van der Waals surface area contributed by atoms with E-state index < -0.39 is 17.9 Å². The van der Waals surface area contributed by atoms with Gasteiger partial charge in [-0.25, -0.2) is 4.79 Å². The third kappa shape index (κ3) is 6.56. The summed E-state index contributed by atoms with van der Waals surface area (Å²) >= 11 is 0. The third-order valence-corrected chi connectivity index (χ3v) is 3.07. The van der Waals surface area contributed by atoms with Crippen LogP contribution in [0.1, 0.15) is 30.4 Å². The zero-order chi connectivity index (χ0) is 15.8. The van der Waals surface area contributed by atoms with Gasteiger partial charge in [0.25, 0.3) is 0 Å². The van der Waals surface area contributed by atoms with Crippen LogP contribution in [0.2, 0.25) is 0 Å². The van der Waals surface area contributed by atoms with Crippen LogP contribution in [0.4, 0.5) is 0 Å². The molecule has 0 aliphatic carbocycles. The standard InChI is InChI=1S/C15H20N2O4/c1-10-2-4-11(5-3-10)6-9-14(19)17-12(15(20)21)7-8-13(16)18/h2-5,12H,6-9H2,1H3,(H2,16,18)(H,17,19)(H,20,21)/t12-/m1/s1. The molecular formula is C15H20N2O4. The van der Waals surface area contributed by atoms with Gasteiger partial charge in [0.1, 0.15) is 6.04 Å². The van der Waals surface area contributed by atoms with Crippen molar-refractivity contribution >= 4 is 17.8 Å². The molecule has 0 aromatic heterocycles. The molecule has 0 radical (unpaired) electrons. The fourth-order valence-corrected chi connectivity index (χ4v) is 1.82. The lowest BCUT2D eigenvalue weighted by Gasteiger charge is -2.13. The van der Waals surface area contributed by atoms with Crippen LogP contribution in [0.15, 0.2) is 24.3 Å². The van der Waals surface area contributed by atoms with Gasteiger partial charge in [-0.1, -0.05) is 29.8 Å². The number of aryl methyl sites for hydroxylation is 2. The number of nitrogens with one attached hydrogen (secondary N) is 1. The molecule has 0 aliphatic rings. The van der Waals surface area contributed by atoms with Crippen molar-refractivity contribution < 1.29 is 19.5 Å². The number of benzene rings is 1. The number of carboxylic acids is 1. The fraction of sp³-hybridized carbons (Fsp3) is 0.400. The Morgan fingerprint density at radius 1 is 1.19 bits per heavy atom. The molecule has 0 heterocycles. The number of aliphatic carboxylic acids is 1. The van der Waals surface area contributed by atoms with Gasteiger partial charge in [0.05, 0.1) is 0 Å². The molecule has 6 nitrogen and oxygen atoms in total. The van der Waals surface area contributed by atoms with Crippen LogP contribution in [-0.4, -0.2) is 28.9 Å². The van der Waals surface area contributed by atoms with Crippen LogP contribution in [0.25, 0.3) is 0 Å². The lowest BCUT2D eigenvalue weighted by Crippen LogP contribution is -2.41. The lowest BCUT2D eigenvalue weighted by atomic mass is 10.1. The van der Waals surface area contributed by atoms with E-state index in [4.69, 9.17) is 10.8 Å². The highest BCUT2D eigenvalue weighted by Gasteiger charge is 2.20. The van der Waals surface area contributed by atoms with Gasteiger partial charge < -0.3 is 16.2 Å². The average molecular weight is 292 g/mol. The molecule has 2 amide bonds. The van der Waals surface area contributed by atoms with E-state index in [1.807, 2.05) is 31.2 Å². The molecule has 0 saturated heterocycles. The van der Waals surface area contributed by atoms with E-state index in [0.29, 0.717) is 6.42 Å². The molecule has 0 unspecified atom stereocenters. The highest BCUT2D eigenvalue weighted by molar-refractivity contribution is 5.84. The molecule has 1 atom stereocenters. The Hall–Kier alpha value is -2.37. The molecule has 1 rings (SSSR count). The summed E-state index contributed by atoms with van der Waals surface area (Å²) in [4.78, 5) is 33.4. The molecule has 0 fully saturated rings. The van der Waals surface area contributed by atoms with Gasteiger partial charge in [-0.05, 0) is 25.3 Å². The van der Waals surface area contributed by atoms with Gasteiger partial charge in [-0.3, -0.25) is 9.59 Å². The second-order valence-electron chi connectivity index (χ2n) is 4.95. The number of amides is 2. The first-order valence-corrected chi connectivity index (χ1v) is 6.74. The van der Waals surface area contributed by atoms with E-state index in [1.165, 1.54) is 0 Å². The number of nitrogens with two attached hydrogens (primary N) is 1. The predicted octanol–water partition coefficient (Wildman–Crippen LogP) is 0.763. The number of hydrogen-bond donors (Lipinski definition) is 3. The molecule has 0 bridgehead atoms. The van der Waals surface area contributed by atoms with Gasteiger partial charge in [0, 0.05) is 12.8 Å². The van der Waals surface area contributed by atoms with Crippen molar-refractivity contribution in [3.05, 3.63) is 35.4 Å². The van der Waals surface area contributed by atoms with Crippen molar-refractivity contribution in [2.75, 3.05) is 0 Å². The minimum absolute atomic E-state index is 0.000931. The van der Waals surface area contributed by atoms with E-state index >= 15 is 0 Å². The Morgan fingerprint density at radius 3 is 2.33 bits per heavy atom.